The minimum absolute atomic E-state index is 0.00252. The highest BCUT2D eigenvalue weighted by molar-refractivity contribution is 6.75. The molecule has 1 saturated carbocycles. The molecule has 0 bridgehead atoms. The van der Waals surface area contributed by atoms with Crippen molar-refractivity contribution in [1.29, 1.82) is 0 Å². The number of anilines is 2. The number of hydrogen-bond acceptors (Lipinski definition) is 9. The maximum Gasteiger partial charge on any atom is 0.536 e. The predicted molar refractivity (Wildman–Crippen MR) is 153 cm³/mol. The predicted octanol–water partition coefficient (Wildman–Crippen LogP) is 1.29. The highest BCUT2D eigenvalue weighted by Crippen LogP contribution is 2.42. The zero-order chi connectivity index (χ0) is 31.0. The van der Waals surface area contributed by atoms with E-state index in [1.165, 1.54) is 34.4 Å². The van der Waals surface area contributed by atoms with E-state index in [0.29, 0.717) is 16.4 Å². The van der Waals surface area contributed by atoms with Crippen molar-refractivity contribution in [2.24, 2.45) is 17.8 Å². The molecule has 226 valence electrons. The van der Waals surface area contributed by atoms with Gasteiger partial charge in [-0.1, -0.05) is 12.1 Å². The number of aliphatic carboxylic acids is 1. The zero-order valence-corrected chi connectivity index (χ0v) is 25.0. The van der Waals surface area contributed by atoms with E-state index in [4.69, 9.17) is 18.0 Å². The van der Waals surface area contributed by atoms with Crippen LogP contribution >= 0.6 is 0 Å². The molecule has 4 unspecified atom stereocenters. The monoisotopic (exact) mass is 601 g/mol. The van der Waals surface area contributed by atoms with Crippen molar-refractivity contribution < 1.29 is 47.1 Å². The number of aryl methyl sites for hydroxylation is 1. The Labute approximate surface area is 244 Å². The number of ether oxygens (including phenoxy) is 1. The van der Waals surface area contributed by atoms with Gasteiger partial charge in [-0.15, -0.1) is 0 Å². The lowest BCUT2D eigenvalue weighted by Crippen LogP contribution is -2.54. The van der Waals surface area contributed by atoms with Crippen LogP contribution in [-0.4, -0.2) is 78.6 Å². The molecule has 42 heavy (non-hydrogen) atoms. The van der Waals surface area contributed by atoms with Gasteiger partial charge in [0.05, 0.1) is 5.92 Å². The Kier molecular flexibility index (Phi) is 10.9. The summed E-state index contributed by atoms with van der Waals surface area (Å²) in [4.78, 5) is 61.8. The average molecular weight is 602 g/mol. The van der Waals surface area contributed by atoms with Gasteiger partial charge in [0, 0.05) is 62.8 Å². The second-order valence-electron chi connectivity index (χ2n) is 9.79. The zero-order valence-electron chi connectivity index (χ0n) is 24.0. The molecule has 3 amide bonds. The van der Waals surface area contributed by atoms with E-state index in [2.05, 4.69) is 16.0 Å². The molecule has 4 atom stereocenters. The number of amides is 3. The van der Waals surface area contributed by atoms with Crippen LogP contribution in [0.5, 0.6) is 0 Å². The lowest BCUT2D eigenvalue weighted by Gasteiger charge is -2.24. The minimum Gasteiger partial charge on any atom is -0.481 e. The summed E-state index contributed by atoms with van der Waals surface area (Å²) in [6, 6.07) is 11.6. The van der Waals surface area contributed by atoms with E-state index in [-0.39, 0.29) is 24.1 Å². The Balaban J connectivity index is 1.82. The third-order valence-electron chi connectivity index (χ3n) is 7.30. The number of hydrogen-bond donors (Lipinski definition) is 4. The molecule has 0 radical (unpaired) electrons. The van der Waals surface area contributed by atoms with Crippen LogP contribution in [0.25, 0.3) is 0 Å². The van der Waals surface area contributed by atoms with Crippen molar-refractivity contribution in [3.05, 3.63) is 53.6 Å². The Morgan fingerprint density at radius 3 is 2.14 bits per heavy atom. The topological polar surface area (TPSA) is 179 Å². The number of carboxylic acid groups (broad SMARTS) is 1. The first kappa shape index (κ1) is 32.4. The summed E-state index contributed by atoms with van der Waals surface area (Å²) >= 11 is 0. The molecular formula is C28H35N3O10Si. The summed E-state index contributed by atoms with van der Waals surface area (Å²) in [5.74, 6) is -5.58. The molecule has 4 N–H and O–H groups in total. The summed E-state index contributed by atoms with van der Waals surface area (Å²) in [6.45, 7) is 1.92. The van der Waals surface area contributed by atoms with Gasteiger partial charge in [-0.3, -0.25) is 24.0 Å². The maximum absolute atomic E-state index is 13.5. The van der Waals surface area contributed by atoms with Gasteiger partial charge in [0.15, 0.2) is 0 Å². The first-order valence-corrected chi connectivity index (χ1v) is 14.8. The van der Waals surface area contributed by atoms with Gasteiger partial charge < -0.3 is 39.1 Å². The van der Waals surface area contributed by atoms with Crippen LogP contribution in [0.2, 0.25) is 0 Å². The highest BCUT2D eigenvalue weighted by atomic mass is 28.4. The molecule has 0 saturated heterocycles. The van der Waals surface area contributed by atoms with Crippen molar-refractivity contribution >= 4 is 55.5 Å². The molecule has 0 heterocycles. The third-order valence-corrected chi connectivity index (χ3v) is 9.95. The molecule has 14 heteroatoms. The third kappa shape index (κ3) is 7.20. The SMILES string of the molecule is CNC(=O)C1CC(OC=O)C(C(=O)Nc2cc(C)cc(C(=O)Nc3ccc([Si](OC)(OC)OC)cc3)c2)C1CC(=O)O. The fourth-order valence-electron chi connectivity index (χ4n) is 5.41. The van der Waals surface area contributed by atoms with Gasteiger partial charge in [0.2, 0.25) is 11.8 Å². The molecule has 13 nitrogen and oxygen atoms in total. The molecule has 1 aliphatic carbocycles. The first-order valence-electron chi connectivity index (χ1n) is 13.0. The molecule has 0 aliphatic heterocycles. The normalized spacial score (nSPS) is 19.9. The lowest BCUT2D eigenvalue weighted by atomic mass is 9.85. The van der Waals surface area contributed by atoms with Gasteiger partial charge in [0.25, 0.3) is 12.4 Å². The average Bonchev–Trinajstić information content (AvgIpc) is 3.31. The van der Waals surface area contributed by atoms with E-state index in [1.807, 2.05) is 0 Å². The van der Waals surface area contributed by atoms with E-state index in [1.54, 1.807) is 43.3 Å². The first-order chi connectivity index (χ1) is 20.0. The Morgan fingerprint density at radius 2 is 1.60 bits per heavy atom. The Hall–Kier alpha value is -4.11. The molecule has 1 aliphatic rings. The number of rotatable bonds is 13. The number of nitrogens with one attached hydrogen (secondary N) is 3. The largest absolute Gasteiger partial charge is 0.536 e. The fourth-order valence-corrected chi connectivity index (χ4v) is 7.19. The van der Waals surface area contributed by atoms with Crippen molar-refractivity contribution in [1.82, 2.24) is 5.32 Å². The molecule has 3 rings (SSSR count). The van der Waals surface area contributed by atoms with Gasteiger partial charge in [-0.05, 0) is 55.2 Å². The number of carbonyl (C=O) groups is 5. The van der Waals surface area contributed by atoms with Crippen LogP contribution < -0.4 is 21.1 Å². The highest BCUT2D eigenvalue weighted by Gasteiger charge is 2.51. The van der Waals surface area contributed by atoms with Gasteiger partial charge in [-0.2, -0.15) is 0 Å². The van der Waals surface area contributed by atoms with Gasteiger partial charge >= 0.3 is 14.8 Å². The summed E-state index contributed by atoms with van der Waals surface area (Å²) in [5.41, 5.74) is 1.69. The van der Waals surface area contributed by atoms with Gasteiger partial charge in [-0.25, -0.2) is 0 Å². The Morgan fingerprint density at radius 1 is 0.952 bits per heavy atom. The maximum atomic E-state index is 13.5. The summed E-state index contributed by atoms with van der Waals surface area (Å²) in [5, 5.41) is 18.2. The van der Waals surface area contributed by atoms with Crippen molar-refractivity contribution in [2.45, 2.75) is 25.9 Å². The van der Waals surface area contributed by atoms with E-state index < -0.39 is 62.8 Å². The quantitative estimate of drug-likeness (QED) is 0.193. The molecule has 2 aromatic rings. The molecule has 0 spiro atoms. The smallest absolute Gasteiger partial charge is 0.481 e. The second-order valence-corrected chi connectivity index (χ2v) is 12.7. The van der Waals surface area contributed by atoms with Gasteiger partial charge in [0.1, 0.15) is 6.10 Å². The molecule has 1 fully saturated rings. The molecule has 2 aromatic carbocycles. The van der Waals surface area contributed by atoms with E-state index in [0.717, 1.165) is 0 Å². The van der Waals surface area contributed by atoms with Crippen LogP contribution in [-0.2, 0) is 37.2 Å². The van der Waals surface area contributed by atoms with Crippen LogP contribution in [0, 0.1) is 24.7 Å². The molecule has 0 aromatic heterocycles. The second kappa shape index (κ2) is 14.2. The summed E-state index contributed by atoms with van der Waals surface area (Å²) < 4.78 is 21.5. The lowest BCUT2D eigenvalue weighted by molar-refractivity contribution is -0.140. The summed E-state index contributed by atoms with van der Waals surface area (Å²) in [6.07, 6.45) is -1.48. The van der Waals surface area contributed by atoms with Crippen LogP contribution in [0.1, 0.15) is 28.8 Å². The van der Waals surface area contributed by atoms with E-state index >= 15 is 0 Å². The number of benzene rings is 2. The van der Waals surface area contributed by atoms with Crippen LogP contribution in [0.3, 0.4) is 0 Å². The number of carboxylic acids is 1. The fraction of sp³-hybridized carbons (Fsp3) is 0.393. The Bertz CT molecular complexity index is 1310. The van der Waals surface area contributed by atoms with Crippen molar-refractivity contribution in [2.75, 3.05) is 39.0 Å². The van der Waals surface area contributed by atoms with Crippen molar-refractivity contribution in [3.8, 4) is 0 Å². The van der Waals surface area contributed by atoms with Crippen LogP contribution in [0.15, 0.2) is 42.5 Å². The standard InChI is InChI=1S/C28H35N3O10Si/c1-16-10-17(26(35)30-18-6-8-20(9-7-18)42(38-3,39-4)40-5)12-19(11-16)31-28(37)25-21(14-24(33)34)22(27(36)29-2)13-23(25)41-15-32/h6-12,15,21-23,25H,13-14H2,1-5H3,(H,29,36)(H,30,35)(H,31,37)(H,33,34). The summed E-state index contributed by atoms with van der Waals surface area (Å²) in [7, 11) is 2.86. The minimum atomic E-state index is -3.04. The number of carbonyl (C=O) groups excluding carboxylic acids is 4. The van der Waals surface area contributed by atoms with Crippen LogP contribution in [0.4, 0.5) is 11.4 Å². The van der Waals surface area contributed by atoms with Crippen molar-refractivity contribution in [3.63, 3.8) is 0 Å². The molecular weight excluding hydrogens is 566 g/mol. The van der Waals surface area contributed by atoms with E-state index in [9.17, 15) is 29.1 Å².